The van der Waals surface area contributed by atoms with E-state index in [2.05, 4.69) is 20.5 Å². The minimum atomic E-state index is 0.570. The Bertz CT molecular complexity index is 907. The molecule has 0 spiro atoms. The van der Waals surface area contributed by atoms with Gasteiger partial charge in [-0.2, -0.15) is 5.26 Å². The van der Waals surface area contributed by atoms with Gasteiger partial charge >= 0.3 is 0 Å². The Labute approximate surface area is 159 Å². The highest BCUT2D eigenvalue weighted by Gasteiger charge is 2.23. The smallest absolute Gasteiger partial charge is 0.135 e. The average Bonchev–Trinajstić information content (AvgIpc) is 3.39. The van der Waals surface area contributed by atoms with Crippen molar-refractivity contribution in [2.75, 3.05) is 6.54 Å². The summed E-state index contributed by atoms with van der Waals surface area (Å²) in [6, 6.07) is 14.4. The highest BCUT2D eigenvalue weighted by Crippen LogP contribution is 2.28. The number of hydrogen-bond donors (Lipinski definition) is 0. The van der Waals surface area contributed by atoms with Crippen LogP contribution in [0.3, 0.4) is 0 Å². The first-order chi connectivity index (χ1) is 13.3. The van der Waals surface area contributed by atoms with Gasteiger partial charge in [0.15, 0.2) is 0 Å². The summed E-state index contributed by atoms with van der Waals surface area (Å²) in [6.45, 7) is 2.93. The lowest BCUT2D eigenvalue weighted by Crippen LogP contribution is -2.39. The van der Waals surface area contributed by atoms with Crippen molar-refractivity contribution in [3.8, 4) is 17.4 Å². The van der Waals surface area contributed by atoms with Crippen LogP contribution in [0.5, 0.6) is 0 Å². The Balaban J connectivity index is 1.44. The van der Waals surface area contributed by atoms with Crippen molar-refractivity contribution >= 4 is 0 Å². The molecule has 0 radical (unpaired) electrons. The maximum atomic E-state index is 9.31. The Morgan fingerprint density at radius 2 is 2.11 bits per heavy atom. The van der Waals surface area contributed by atoms with Gasteiger partial charge in [-0.05, 0) is 50.1 Å². The van der Waals surface area contributed by atoms with Gasteiger partial charge in [-0.25, -0.2) is 4.98 Å². The predicted molar refractivity (Wildman–Crippen MR) is 104 cm³/mol. The van der Waals surface area contributed by atoms with Crippen LogP contribution in [0.1, 0.15) is 37.0 Å². The van der Waals surface area contributed by atoms with E-state index in [1.165, 1.54) is 19.3 Å². The maximum Gasteiger partial charge on any atom is 0.135 e. The molecule has 4 rings (SSSR count). The molecule has 0 saturated carbocycles. The van der Waals surface area contributed by atoms with Crippen LogP contribution in [0.2, 0.25) is 0 Å². The van der Waals surface area contributed by atoms with E-state index in [4.69, 9.17) is 4.42 Å². The third-order valence-corrected chi connectivity index (χ3v) is 5.36. The maximum absolute atomic E-state index is 9.31. The summed E-state index contributed by atoms with van der Waals surface area (Å²) >= 11 is 0. The molecule has 1 fully saturated rings. The van der Waals surface area contributed by atoms with E-state index in [0.717, 1.165) is 43.1 Å². The summed E-state index contributed by atoms with van der Waals surface area (Å²) in [5.41, 5.74) is 1.51. The molecule has 3 aromatic rings. The number of likely N-dealkylation sites (tertiary alicyclic amines) is 1. The summed E-state index contributed by atoms with van der Waals surface area (Å²) < 4.78 is 8.26. The molecule has 27 heavy (non-hydrogen) atoms. The minimum Gasteiger partial charge on any atom is -0.460 e. The summed E-state index contributed by atoms with van der Waals surface area (Å²) in [5.74, 6) is 1.74. The van der Waals surface area contributed by atoms with Gasteiger partial charge in [0.05, 0.1) is 24.5 Å². The molecule has 138 valence electrons. The first-order valence-corrected chi connectivity index (χ1v) is 9.61. The molecular formula is C22H24N4O. The third-order valence-electron chi connectivity index (χ3n) is 5.36. The van der Waals surface area contributed by atoms with E-state index < -0.39 is 0 Å². The number of nitrogens with zero attached hydrogens (tertiary/aromatic N) is 4. The molecule has 5 nitrogen and oxygen atoms in total. The number of aromatic nitrogens is 2. The first kappa shape index (κ1) is 17.6. The number of hydrogen-bond acceptors (Lipinski definition) is 4. The van der Waals surface area contributed by atoms with Crippen molar-refractivity contribution in [2.45, 2.75) is 44.8 Å². The predicted octanol–water partition coefficient (Wildman–Crippen LogP) is 4.46. The van der Waals surface area contributed by atoms with Crippen LogP contribution in [0.25, 0.3) is 11.3 Å². The van der Waals surface area contributed by atoms with Crippen LogP contribution in [0.15, 0.2) is 59.5 Å². The van der Waals surface area contributed by atoms with Crippen molar-refractivity contribution in [3.63, 3.8) is 0 Å². The molecule has 1 saturated heterocycles. The van der Waals surface area contributed by atoms with E-state index in [1.54, 1.807) is 0 Å². The second-order valence-electron chi connectivity index (χ2n) is 7.13. The van der Waals surface area contributed by atoms with Gasteiger partial charge in [-0.15, -0.1) is 0 Å². The Morgan fingerprint density at radius 3 is 2.96 bits per heavy atom. The highest BCUT2D eigenvalue weighted by atomic mass is 16.3. The summed E-state index contributed by atoms with van der Waals surface area (Å²) in [6.07, 6.45) is 10.6. The molecule has 5 heteroatoms. The van der Waals surface area contributed by atoms with Crippen molar-refractivity contribution < 1.29 is 4.42 Å². The zero-order valence-electron chi connectivity index (χ0n) is 15.4. The lowest BCUT2D eigenvalue weighted by molar-refractivity contribution is 0.119. The fourth-order valence-electron chi connectivity index (χ4n) is 3.92. The molecule has 0 N–H and O–H groups in total. The highest BCUT2D eigenvalue weighted by molar-refractivity contribution is 5.66. The van der Waals surface area contributed by atoms with Crippen molar-refractivity contribution in [1.29, 1.82) is 5.26 Å². The molecule has 2 aromatic heterocycles. The Kier molecular flexibility index (Phi) is 5.36. The van der Waals surface area contributed by atoms with Gasteiger partial charge in [0, 0.05) is 30.5 Å². The molecule has 1 aliphatic rings. The van der Waals surface area contributed by atoms with Crippen LogP contribution in [0, 0.1) is 11.3 Å². The minimum absolute atomic E-state index is 0.570. The Hall–Kier alpha value is -2.84. The molecule has 1 aromatic carbocycles. The zero-order chi connectivity index (χ0) is 18.5. The van der Waals surface area contributed by atoms with Crippen molar-refractivity contribution in [3.05, 3.63) is 66.4 Å². The fraction of sp³-hybridized carbons (Fsp3) is 0.364. The van der Waals surface area contributed by atoms with Gasteiger partial charge in [-0.3, -0.25) is 4.90 Å². The second-order valence-corrected chi connectivity index (χ2v) is 7.13. The normalized spacial score (nSPS) is 17.7. The van der Waals surface area contributed by atoms with Gasteiger partial charge in [0.25, 0.3) is 0 Å². The summed E-state index contributed by atoms with van der Waals surface area (Å²) in [7, 11) is 0. The molecule has 0 aliphatic carbocycles. The number of rotatable bonds is 6. The SMILES string of the molecule is N#Cc1ccccc1-c1ccc(CN2CCCCC2CCn2ccnc2)o1. The quantitative estimate of drug-likeness (QED) is 0.651. The lowest BCUT2D eigenvalue weighted by atomic mass is 9.99. The number of imidazole rings is 1. The molecule has 0 bridgehead atoms. The van der Waals surface area contributed by atoms with E-state index in [0.29, 0.717) is 11.6 Å². The second kappa shape index (κ2) is 8.24. The van der Waals surface area contributed by atoms with Gasteiger partial charge < -0.3 is 8.98 Å². The number of furan rings is 1. The first-order valence-electron chi connectivity index (χ1n) is 9.61. The van der Waals surface area contributed by atoms with E-state index in [9.17, 15) is 5.26 Å². The van der Waals surface area contributed by atoms with Crippen LogP contribution >= 0.6 is 0 Å². The third kappa shape index (κ3) is 4.12. The molecular weight excluding hydrogens is 336 g/mol. The van der Waals surface area contributed by atoms with E-state index >= 15 is 0 Å². The lowest BCUT2D eigenvalue weighted by Gasteiger charge is -2.35. The van der Waals surface area contributed by atoms with Crippen molar-refractivity contribution in [2.24, 2.45) is 0 Å². The van der Waals surface area contributed by atoms with E-state index in [1.807, 2.05) is 55.1 Å². The fourth-order valence-corrected chi connectivity index (χ4v) is 3.92. The van der Waals surface area contributed by atoms with Gasteiger partial charge in [0.2, 0.25) is 0 Å². The van der Waals surface area contributed by atoms with Crippen molar-refractivity contribution in [1.82, 2.24) is 14.5 Å². The van der Waals surface area contributed by atoms with Gasteiger partial charge in [-0.1, -0.05) is 18.6 Å². The number of aryl methyl sites for hydroxylation is 1. The van der Waals surface area contributed by atoms with E-state index in [-0.39, 0.29) is 0 Å². The monoisotopic (exact) mass is 360 g/mol. The topological polar surface area (TPSA) is 58.0 Å². The largest absolute Gasteiger partial charge is 0.460 e. The summed E-state index contributed by atoms with van der Waals surface area (Å²) in [4.78, 5) is 6.67. The molecule has 1 unspecified atom stereocenters. The van der Waals surface area contributed by atoms with Crippen LogP contribution in [-0.2, 0) is 13.1 Å². The number of nitriles is 1. The van der Waals surface area contributed by atoms with Crippen LogP contribution < -0.4 is 0 Å². The molecule has 1 aliphatic heterocycles. The molecule has 0 amide bonds. The zero-order valence-corrected chi connectivity index (χ0v) is 15.4. The average molecular weight is 360 g/mol. The molecule has 3 heterocycles. The van der Waals surface area contributed by atoms with Crippen LogP contribution in [0.4, 0.5) is 0 Å². The van der Waals surface area contributed by atoms with Gasteiger partial charge in [0.1, 0.15) is 11.5 Å². The number of piperidine rings is 1. The standard InChI is InChI=1S/C22H24N4O/c23-15-18-5-1-2-7-21(18)22-9-8-20(27-22)16-26-12-4-3-6-19(26)10-13-25-14-11-24-17-25/h1-2,5,7-9,11,14,17,19H,3-4,6,10,12-13,16H2. The number of benzene rings is 1. The van der Waals surface area contributed by atoms with Crippen LogP contribution in [-0.4, -0.2) is 27.0 Å². The summed E-state index contributed by atoms with van der Waals surface area (Å²) in [5, 5.41) is 9.31. The molecule has 1 atom stereocenters. The Morgan fingerprint density at radius 1 is 1.19 bits per heavy atom.